The minimum absolute atomic E-state index is 0. The maximum absolute atomic E-state index is 12.7. The Balaban J connectivity index is 0.00000144. The summed E-state index contributed by atoms with van der Waals surface area (Å²) in [4.78, 5) is 11.5. The van der Waals surface area contributed by atoms with E-state index in [1.165, 1.54) is 4.90 Å². The molecule has 78 valence electrons. The molecule has 3 nitrogen and oxygen atoms in total. The fraction of sp³-hybridized carbons (Fsp3) is 0.857. The molecule has 0 aromatic rings. The Bertz CT molecular complexity index is 189. The summed E-state index contributed by atoms with van der Waals surface area (Å²) in [6, 6.07) is 0. The summed E-state index contributed by atoms with van der Waals surface area (Å²) in [5, 5.41) is 8.35. The highest BCUT2D eigenvalue weighted by atomic mass is 35.5. The molecule has 1 aliphatic rings. The van der Waals surface area contributed by atoms with Crippen LogP contribution in [0.15, 0.2) is 0 Å². The molecule has 0 saturated carbocycles. The molecule has 0 aliphatic carbocycles. The minimum atomic E-state index is -2.70. The van der Waals surface area contributed by atoms with Gasteiger partial charge in [-0.15, -0.1) is 12.4 Å². The van der Waals surface area contributed by atoms with Crippen LogP contribution in [0.5, 0.6) is 0 Å². The van der Waals surface area contributed by atoms with Crippen molar-refractivity contribution >= 4 is 18.4 Å². The SMILES string of the molecule is Cl.O=C(O)CN1CCCC(F)(F)C1. The van der Waals surface area contributed by atoms with E-state index in [2.05, 4.69) is 0 Å². The van der Waals surface area contributed by atoms with Crippen molar-refractivity contribution in [3.63, 3.8) is 0 Å². The molecule has 0 bridgehead atoms. The summed E-state index contributed by atoms with van der Waals surface area (Å²) >= 11 is 0. The van der Waals surface area contributed by atoms with Crippen molar-refractivity contribution in [2.45, 2.75) is 18.8 Å². The molecule has 1 fully saturated rings. The fourth-order valence-electron chi connectivity index (χ4n) is 1.37. The second-order valence-corrected chi connectivity index (χ2v) is 3.06. The van der Waals surface area contributed by atoms with Gasteiger partial charge in [0.1, 0.15) is 0 Å². The Kier molecular flexibility index (Phi) is 4.56. The topological polar surface area (TPSA) is 40.5 Å². The number of likely N-dealkylation sites (tertiary alicyclic amines) is 1. The maximum atomic E-state index is 12.7. The van der Waals surface area contributed by atoms with Gasteiger partial charge in [-0.1, -0.05) is 0 Å². The zero-order valence-corrected chi connectivity index (χ0v) is 7.82. The van der Waals surface area contributed by atoms with Crippen molar-refractivity contribution in [3.8, 4) is 0 Å². The molecule has 0 spiro atoms. The zero-order chi connectivity index (χ0) is 9.19. The zero-order valence-electron chi connectivity index (χ0n) is 7.00. The van der Waals surface area contributed by atoms with E-state index in [1.54, 1.807) is 0 Å². The van der Waals surface area contributed by atoms with E-state index in [4.69, 9.17) is 5.11 Å². The molecule has 1 aliphatic heterocycles. The predicted octanol–water partition coefficient (Wildman–Crippen LogP) is 1.22. The normalized spacial score (nSPS) is 22.0. The summed E-state index contributed by atoms with van der Waals surface area (Å²) in [7, 11) is 0. The van der Waals surface area contributed by atoms with Crippen LogP contribution in [-0.4, -0.2) is 41.5 Å². The Morgan fingerprint density at radius 2 is 2.15 bits per heavy atom. The molecule has 1 heterocycles. The van der Waals surface area contributed by atoms with Crippen molar-refractivity contribution in [1.82, 2.24) is 4.90 Å². The third-order valence-corrected chi connectivity index (χ3v) is 1.83. The molecule has 0 amide bonds. The van der Waals surface area contributed by atoms with Crippen molar-refractivity contribution in [2.24, 2.45) is 0 Å². The number of carboxylic acids is 1. The van der Waals surface area contributed by atoms with Gasteiger partial charge in [-0.25, -0.2) is 8.78 Å². The molecule has 0 radical (unpaired) electrons. The third kappa shape index (κ3) is 4.38. The lowest BCUT2D eigenvalue weighted by molar-refractivity contribution is -0.140. The van der Waals surface area contributed by atoms with Crippen LogP contribution in [0.3, 0.4) is 0 Å². The first-order valence-corrected chi connectivity index (χ1v) is 3.82. The number of nitrogens with zero attached hydrogens (tertiary/aromatic N) is 1. The molecule has 0 aromatic carbocycles. The number of alkyl halides is 2. The van der Waals surface area contributed by atoms with Crippen LogP contribution in [0.25, 0.3) is 0 Å². The average Bonchev–Trinajstić information content (AvgIpc) is 1.82. The quantitative estimate of drug-likeness (QED) is 0.753. The van der Waals surface area contributed by atoms with Crippen LogP contribution >= 0.6 is 12.4 Å². The highest BCUT2D eigenvalue weighted by Gasteiger charge is 2.35. The lowest BCUT2D eigenvalue weighted by Gasteiger charge is -2.30. The fourth-order valence-corrected chi connectivity index (χ4v) is 1.37. The van der Waals surface area contributed by atoms with Gasteiger partial charge in [-0.3, -0.25) is 9.69 Å². The number of carbonyl (C=O) groups is 1. The summed E-state index contributed by atoms with van der Waals surface area (Å²) in [6.07, 6.45) is 0.253. The van der Waals surface area contributed by atoms with Crippen LogP contribution in [0.1, 0.15) is 12.8 Å². The molecular weight excluding hydrogens is 204 g/mol. The van der Waals surface area contributed by atoms with Crippen molar-refractivity contribution in [1.29, 1.82) is 0 Å². The van der Waals surface area contributed by atoms with Gasteiger partial charge in [0.15, 0.2) is 0 Å². The van der Waals surface area contributed by atoms with Gasteiger partial charge >= 0.3 is 5.97 Å². The number of hydrogen-bond acceptors (Lipinski definition) is 2. The molecule has 1 rings (SSSR count). The Hall–Kier alpha value is -0.420. The molecule has 0 atom stereocenters. The van der Waals surface area contributed by atoms with Crippen LogP contribution in [0.2, 0.25) is 0 Å². The van der Waals surface area contributed by atoms with Gasteiger partial charge in [-0.05, 0) is 13.0 Å². The highest BCUT2D eigenvalue weighted by Crippen LogP contribution is 2.25. The number of carboxylic acid groups (broad SMARTS) is 1. The standard InChI is InChI=1S/C7H11F2NO2.ClH/c8-7(9)2-1-3-10(5-7)4-6(11)12;/h1-5H2,(H,11,12);1H. The summed E-state index contributed by atoms with van der Waals surface area (Å²) in [6.45, 7) is -0.239. The first-order chi connectivity index (χ1) is 5.49. The van der Waals surface area contributed by atoms with E-state index in [9.17, 15) is 13.6 Å². The van der Waals surface area contributed by atoms with E-state index < -0.39 is 18.4 Å². The number of halogens is 3. The second kappa shape index (κ2) is 4.72. The summed E-state index contributed by atoms with van der Waals surface area (Å²) < 4.78 is 25.3. The van der Waals surface area contributed by atoms with Gasteiger partial charge in [0.25, 0.3) is 5.92 Å². The number of piperidine rings is 1. The van der Waals surface area contributed by atoms with E-state index in [1.807, 2.05) is 0 Å². The van der Waals surface area contributed by atoms with E-state index in [0.29, 0.717) is 13.0 Å². The largest absolute Gasteiger partial charge is 0.480 e. The molecule has 0 unspecified atom stereocenters. The third-order valence-electron chi connectivity index (χ3n) is 1.83. The highest BCUT2D eigenvalue weighted by molar-refractivity contribution is 5.85. The first-order valence-electron chi connectivity index (χ1n) is 3.82. The number of rotatable bonds is 2. The second-order valence-electron chi connectivity index (χ2n) is 3.06. The lowest BCUT2D eigenvalue weighted by atomic mass is 10.1. The molecule has 6 heteroatoms. The first kappa shape index (κ1) is 12.6. The number of hydrogen-bond donors (Lipinski definition) is 1. The molecular formula is C7H12ClF2NO2. The molecule has 1 N–H and O–H groups in total. The van der Waals surface area contributed by atoms with Crippen LogP contribution in [-0.2, 0) is 4.79 Å². The van der Waals surface area contributed by atoms with E-state index in [0.717, 1.165) is 0 Å². The average molecular weight is 216 g/mol. The van der Waals surface area contributed by atoms with Crippen LogP contribution in [0.4, 0.5) is 8.78 Å². The Morgan fingerprint density at radius 1 is 1.54 bits per heavy atom. The summed E-state index contributed by atoms with van der Waals surface area (Å²) in [5.74, 6) is -3.75. The minimum Gasteiger partial charge on any atom is -0.480 e. The predicted molar refractivity (Wildman–Crippen MR) is 45.5 cm³/mol. The monoisotopic (exact) mass is 215 g/mol. The molecule has 1 saturated heterocycles. The van der Waals surface area contributed by atoms with Gasteiger partial charge in [0.2, 0.25) is 0 Å². The Labute approximate surface area is 81.1 Å². The maximum Gasteiger partial charge on any atom is 0.317 e. The van der Waals surface area contributed by atoms with Gasteiger partial charge in [0.05, 0.1) is 13.1 Å². The van der Waals surface area contributed by atoms with Gasteiger partial charge in [0, 0.05) is 6.42 Å². The van der Waals surface area contributed by atoms with Crippen molar-refractivity contribution in [2.75, 3.05) is 19.6 Å². The lowest BCUT2D eigenvalue weighted by Crippen LogP contribution is -2.44. The van der Waals surface area contributed by atoms with Gasteiger partial charge in [-0.2, -0.15) is 0 Å². The Morgan fingerprint density at radius 3 is 2.62 bits per heavy atom. The van der Waals surface area contributed by atoms with E-state index >= 15 is 0 Å². The smallest absolute Gasteiger partial charge is 0.317 e. The summed E-state index contributed by atoms with van der Waals surface area (Å²) in [5.41, 5.74) is 0. The molecule has 0 aromatic heterocycles. The van der Waals surface area contributed by atoms with Crippen molar-refractivity contribution < 1.29 is 18.7 Å². The van der Waals surface area contributed by atoms with Crippen LogP contribution in [0, 0.1) is 0 Å². The number of aliphatic carboxylic acids is 1. The molecule has 13 heavy (non-hydrogen) atoms. The van der Waals surface area contributed by atoms with E-state index in [-0.39, 0.29) is 25.4 Å². The van der Waals surface area contributed by atoms with Crippen molar-refractivity contribution in [3.05, 3.63) is 0 Å². The van der Waals surface area contributed by atoms with Crippen LogP contribution < -0.4 is 0 Å². The van der Waals surface area contributed by atoms with Gasteiger partial charge < -0.3 is 5.11 Å².